The highest BCUT2D eigenvalue weighted by atomic mass is 16.5. The minimum Gasteiger partial charge on any atom is -0.465 e. The molecule has 0 saturated heterocycles. The molecule has 1 aliphatic carbocycles. The van der Waals surface area contributed by atoms with Crippen molar-refractivity contribution in [1.29, 1.82) is 0 Å². The molecule has 2 rings (SSSR count). The van der Waals surface area contributed by atoms with Gasteiger partial charge in [0.15, 0.2) is 0 Å². The van der Waals surface area contributed by atoms with E-state index in [2.05, 4.69) is 5.32 Å². The Kier molecular flexibility index (Phi) is 4.83. The van der Waals surface area contributed by atoms with Crippen LogP contribution in [0.5, 0.6) is 0 Å². The van der Waals surface area contributed by atoms with Crippen LogP contribution in [0.25, 0.3) is 0 Å². The number of anilines is 1. The molecule has 1 fully saturated rings. The molecule has 3 nitrogen and oxygen atoms in total. The summed E-state index contributed by atoms with van der Waals surface area (Å²) in [6.07, 6.45) is 6.64. The third kappa shape index (κ3) is 3.72. The number of methoxy groups -OCH3 is 1. The molecule has 0 unspecified atom stereocenters. The van der Waals surface area contributed by atoms with Crippen molar-refractivity contribution >= 4 is 11.7 Å². The Bertz CT molecular complexity index is 436. The van der Waals surface area contributed by atoms with Crippen LogP contribution >= 0.6 is 0 Å². The Balaban J connectivity index is 2.04. The fraction of sp³-hybridized carbons (Fsp3) is 0.562. The summed E-state index contributed by atoms with van der Waals surface area (Å²) in [5.41, 5.74) is 2.60. The van der Waals surface area contributed by atoms with Crippen LogP contribution in [-0.2, 0) is 4.74 Å². The second-order valence-electron chi connectivity index (χ2n) is 5.43. The van der Waals surface area contributed by atoms with Crippen molar-refractivity contribution in [2.75, 3.05) is 19.0 Å². The van der Waals surface area contributed by atoms with E-state index in [0.717, 1.165) is 23.7 Å². The Morgan fingerprint density at radius 3 is 2.74 bits per heavy atom. The largest absolute Gasteiger partial charge is 0.465 e. The number of carbonyl (C=O) groups is 1. The fourth-order valence-corrected chi connectivity index (χ4v) is 2.74. The van der Waals surface area contributed by atoms with E-state index >= 15 is 0 Å². The first kappa shape index (κ1) is 13.9. The van der Waals surface area contributed by atoms with Crippen LogP contribution in [0.2, 0.25) is 0 Å². The summed E-state index contributed by atoms with van der Waals surface area (Å²) < 4.78 is 4.84. The van der Waals surface area contributed by atoms with Gasteiger partial charge in [0.1, 0.15) is 0 Å². The summed E-state index contributed by atoms with van der Waals surface area (Å²) in [4.78, 5) is 11.8. The van der Waals surface area contributed by atoms with Gasteiger partial charge in [0.05, 0.1) is 12.7 Å². The van der Waals surface area contributed by atoms with Crippen molar-refractivity contribution in [3.8, 4) is 0 Å². The molecule has 0 heterocycles. The standard InChI is InChI=1S/C16H23NO2/c1-12-8-9-15(14(10-12)16(18)19-2)17-11-13-6-4-3-5-7-13/h8-10,13,17H,3-7,11H2,1-2H3. The normalized spacial score (nSPS) is 16.1. The van der Waals surface area contributed by atoms with Crippen LogP contribution < -0.4 is 5.32 Å². The van der Waals surface area contributed by atoms with Gasteiger partial charge in [-0.3, -0.25) is 0 Å². The lowest BCUT2D eigenvalue weighted by atomic mass is 9.89. The Morgan fingerprint density at radius 2 is 2.05 bits per heavy atom. The summed E-state index contributed by atoms with van der Waals surface area (Å²) in [5, 5.41) is 3.42. The molecule has 19 heavy (non-hydrogen) atoms. The zero-order chi connectivity index (χ0) is 13.7. The topological polar surface area (TPSA) is 38.3 Å². The van der Waals surface area contributed by atoms with Crippen molar-refractivity contribution in [2.24, 2.45) is 5.92 Å². The number of esters is 1. The first-order valence-electron chi connectivity index (χ1n) is 7.13. The van der Waals surface area contributed by atoms with E-state index in [0.29, 0.717) is 5.56 Å². The molecule has 1 N–H and O–H groups in total. The molecule has 0 aliphatic heterocycles. The molecule has 0 atom stereocenters. The van der Waals surface area contributed by atoms with Gasteiger partial charge in [0, 0.05) is 12.2 Å². The number of hydrogen-bond acceptors (Lipinski definition) is 3. The smallest absolute Gasteiger partial charge is 0.339 e. The van der Waals surface area contributed by atoms with Gasteiger partial charge < -0.3 is 10.1 Å². The third-order valence-electron chi connectivity index (χ3n) is 3.89. The third-order valence-corrected chi connectivity index (χ3v) is 3.89. The van der Waals surface area contributed by atoms with Crippen molar-refractivity contribution < 1.29 is 9.53 Å². The number of carbonyl (C=O) groups excluding carboxylic acids is 1. The maximum absolute atomic E-state index is 11.8. The number of ether oxygens (including phenoxy) is 1. The van der Waals surface area contributed by atoms with Crippen LogP contribution in [0.4, 0.5) is 5.69 Å². The minimum atomic E-state index is -0.269. The highest BCUT2D eigenvalue weighted by Gasteiger charge is 2.16. The van der Waals surface area contributed by atoms with Gasteiger partial charge in [-0.25, -0.2) is 4.79 Å². The lowest BCUT2D eigenvalue weighted by Crippen LogP contribution is -2.18. The van der Waals surface area contributed by atoms with E-state index in [9.17, 15) is 4.79 Å². The molecular formula is C16H23NO2. The quantitative estimate of drug-likeness (QED) is 0.838. The van der Waals surface area contributed by atoms with Gasteiger partial charge in [-0.05, 0) is 37.8 Å². The van der Waals surface area contributed by atoms with Crippen LogP contribution in [-0.4, -0.2) is 19.6 Å². The van der Waals surface area contributed by atoms with E-state index in [1.165, 1.54) is 39.2 Å². The van der Waals surface area contributed by atoms with E-state index in [1.807, 2.05) is 25.1 Å². The fourth-order valence-electron chi connectivity index (χ4n) is 2.74. The molecule has 1 aromatic rings. The summed E-state index contributed by atoms with van der Waals surface area (Å²) >= 11 is 0. The van der Waals surface area contributed by atoms with Crippen molar-refractivity contribution in [2.45, 2.75) is 39.0 Å². The number of aryl methyl sites for hydroxylation is 1. The van der Waals surface area contributed by atoms with Gasteiger partial charge in [-0.15, -0.1) is 0 Å². The van der Waals surface area contributed by atoms with Gasteiger partial charge in [-0.1, -0.05) is 30.9 Å². The highest BCUT2D eigenvalue weighted by molar-refractivity contribution is 5.95. The molecule has 3 heteroatoms. The average molecular weight is 261 g/mol. The SMILES string of the molecule is COC(=O)c1cc(C)ccc1NCC1CCCCC1. The number of rotatable bonds is 4. The number of nitrogens with one attached hydrogen (secondary N) is 1. The van der Waals surface area contributed by atoms with Gasteiger partial charge in [0.2, 0.25) is 0 Å². The van der Waals surface area contributed by atoms with E-state index < -0.39 is 0 Å². The number of hydrogen-bond donors (Lipinski definition) is 1. The first-order valence-corrected chi connectivity index (χ1v) is 7.13. The molecular weight excluding hydrogens is 238 g/mol. The summed E-state index contributed by atoms with van der Waals surface area (Å²) in [6, 6.07) is 5.88. The molecule has 0 spiro atoms. The Labute approximate surface area is 115 Å². The van der Waals surface area contributed by atoms with Crippen molar-refractivity contribution in [3.05, 3.63) is 29.3 Å². The predicted octanol–water partition coefficient (Wildman–Crippen LogP) is 3.77. The maximum atomic E-state index is 11.8. The summed E-state index contributed by atoms with van der Waals surface area (Å²) in [6.45, 7) is 2.93. The van der Waals surface area contributed by atoms with Crippen molar-refractivity contribution in [3.63, 3.8) is 0 Å². The molecule has 0 radical (unpaired) electrons. The predicted molar refractivity (Wildman–Crippen MR) is 77.6 cm³/mol. The van der Waals surface area contributed by atoms with Crippen LogP contribution in [0.15, 0.2) is 18.2 Å². The average Bonchev–Trinajstić information content (AvgIpc) is 2.46. The van der Waals surface area contributed by atoms with Crippen LogP contribution in [0, 0.1) is 12.8 Å². The molecule has 0 aromatic heterocycles. The second-order valence-corrected chi connectivity index (χ2v) is 5.43. The molecule has 1 aliphatic rings. The maximum Gasteiger partial charge on any atom is 0.339 e. The molecule has 1 aromatic carbocycles. The summed E-state index contributed by atoms with van der Waals surface area (Å²) in [7, 11) is 1.43. The molecule has 1 saturated carbocycles. The minimum absolute atomic E-state index is 0.269. The summed E-state index contributed by atoms with van der Waals surface area (Å²) in [5.74, 6) is 0.468. The van der Waals surface area contributed by atoms with Crippen LogP contribution in [0.3, 0.4) is 0 Å². The Hall–Kier alpha value is -1.51. The molecule has 104 valence electrons. The highest BCUT2D eigenvalue weighted by Crippen LogP contribution is 2.25. The zero-order valence-electron chi connectivity index (χ0n) is 11.9. The van der Waals surface area contributed by atoms with Gasteiger partial charge in [0.25, 0.3) is 0 Å². The zero-order valence-corrected chi connectivity index (χ0v) is 11.9. The lowest BCUT2D eigenvalue weighted by Gasteiger charge is -2.23. The Morgan fingerprint density at radius 1 is 1.32 bits per heavy atom. The van der Waals surface area contributed by atoms with Gasteiger partial charge in [-0.2, -0.15) is 0 Å². The van der Waals surface area contributed by atoms with Gasteiger partial charge >= 0.3 is 5.97 Å². The molecule has 0 amide bonds. The van der Waals surface area contributed by atoms with E-state index in [4.69, 9.17) is 4.74 Å². The lowest BCUT2D eigenvalue weighted by molar-refractivity contribution is 0.0601. The van der Waals surface area contributed by atoms with E-state index in [1.54, 1.807) is 0 Å². The number of benzene rings is 1. The van der Waals surface area contributed by atoms with Crippen molar-refractivity contribution in [1.82, 2.24) is 0 Å². The molecule has 0 bridgehead atoms. The first-order chi connectivity index (χ1) is 9.20. The van der Waals surface area contributed by atoms with E-state index in [-0.39, 0.29) is 5.97 Å². The monoisotopic (exact) mass is 261 g/mol. The van der Waals surface area contributed by atoms with Crippen LogP contribution in [0.1, 0.15) is 48.0 Å². The second kappa shape index (κ2) is 6.60.